The van der Waals surface area contributed by atoms with E-state index < -0.39 is 0 Å². The standard InChI is InChI=1S/C15H23N3O2/c19-11-5-9-16-14-8-4-10-18(12-14)15(20)17-13-6-2-1-3-7-13/h1-3,6-7,14,16,19H,4-5,8-12H2,(H,17,20). The first kappa shape index (κ1) is 14.8. The first-order valence-electron chi connectivity index (χ1n) is 7.25. The number of carbonyl (C=O) groups excluding carboxylic acids is 1. The summed E-state index contributed by atoms with van der Waals surface area (Å²) in [6, 6.07) is 9.81. The summed E-state index contributed by atoms with van der Waals surface area (Å²) >= 11 is 0. The first-order valence-corrected chi connectivity index (χ1v) is 7.25. The number of aliphatic hydroxyl groups excluding tert-OH is 1. The van der Waals surface area contributed by atoms with Crippen molar-refractivity contribution in [2.24, 2.45) is 0 Å². The molecular formula is C15H23N3O2. The third-order valence-electron chi connectivity index (χ3n) is 3.50. The van der Waals surface area contributed by atoms with Gasteiger partial charge in [0.25, 0.3) is 0 Å². The molecule has 1 fully saturated rings. The van der Waals surface area contributed by atoms with Gasteiger partial charge in [-0.15, -0.1) is 0 Å². The predicted molar refractivity (Wildman–Crippen MR) is 79.8 cm³/mol. The number of benzene rings is 1. The number of anilines is 1. The van der Waals surface area contributed by atoms with Gasteiger partial charge in [-0.05, 0) is 37.9 Å². The number of amides is 2. The summed E-state index contributed by atoms with van der Waals surface area (Å²) in [6.07, 6.45) is 2.85. The number of hydrogen-bond donors (Lipinski definition) is 3. The van der Waals surface area contributed by atoms with Crippen LogP contribution < -0.4 is 10.6 Å². The Labute approximate surface area is 120 Å². The number of nitrogens with one attached hydrogen (secondary N) is 2. The van der Waals surface area contributed by atoms with Crippen LogP contribution in [0.4, 0.5) is 10.5 Å². The number of likely N-dealkylation sites (tertiary alicyclic amines) is 1. The van der Waals surface area contributed by atoms with Crippen LogP contribution in [0.2, 0.25) is 0 Å². The minimum absolute atomic E-state index is 0.0372. The van der Waals surface area contributed by atoms with Gasteiger partial charge in [-0.2, -0.15) is 0 Å². The Morgan fingerprint density at radius 1 is 1.35 bits per heavy atom. The van der Waals surface area contributed by atoms with E-state index in [0.717, 1.165) is 44.6 Å². The molecule has 0 aliphatic carbocycles. The lowest BCUT2D eigenvalue weighted by molar-refractivity contribution is 0.184. The third-order valence-corrected chi connectivity index (χ3v) is 3.50. The maximum Gasteiger partial charge on any atom is 0.321 e. The lowest BCUT2D eigenvalue weighted by Gasteiger charge is -2.33. The quantitative estimate of drug-likeness (QED) is 0.717. The van der Waals surface area contributed by atoms with Crippen LogP contribution in [0.3, 0.4) is 0 Å². The first-order chi connectivity index (χ1) is 9.79. The van der Waals surface area contributed by atoms with E-state index in [-0.39, 0.29) is 12.6 Å². The van der Waals surface area contributed by atoms with Gasteiger partial charge < -0.3 is 20.6 Å². The molecule has 1 saturated heterocycles. The zero-order valence-corrected chi connectivity index (χ0v) is 11.7. The third kappa shape index (κ3) is 4.51. The number of hydrogen-bond acceptors (Lipinski definition) is 3. The second-order valence-corrected chi connectivity index (χ2v) is 5.11. The van der Waals surface area contributed by atoms with Gasteiger partial charge in [-0.25, -0.2) is 4.79 Å². The molecule has 5 nitrogen and oxygen atoms in total. The number of piperidine rings is 1. The molecule has 1 aromatic rings. The SMILES string of the molecule is O=C(Nc1ccccc1)N1CCCC(NCCCO)C1. The van der Waals surface area contributed by atoms with E-state index in [9.17, 15) is 4.79 Å². The van der Waals surface area contributed by atoms with E-state index in [1.165, 1.54) is 0 Å². The highest BCUT2D eigenvalue weighted by atomic mass is 16.3. The Bertz CT molecular complexity index is 411. The van der Waals surface area contributed by atoms with Crippen molar-refractivity contribution in [3.8, 4) is 0 Å². The maximum atomic E-state index is 12.2. The van der Waals surface area contributed by atoms with Gasteiger partial charge in [0.2, 0.25) is 0 Å². The highest BCUT2D eigenvalue weighted by Crippen LogP contribution is 2.13. The van der Waals surface area contributed by atoms with Gasteiger partial charge >= 0.3 is 6.03 Å². The largest absolute Gasteiger partial charge is 0.396 e. The number of aliphatic hydroxyl groups is 1. The fraction of sp³-hybridized carbons (Fsp3) is 0.533. The zero-order chi connectivity index (χ0) is 14.2. The van der Waals surface area contributed by atoms with E-state index in [1.807, 2.05) is 35.2 Å². The van der Waals surface area contributed by atoms with E-state index >= 15 is 0 Å². The molecule has 2 amide bonds. The number of rotatable bonds is 5. The Morgan fingerprint density at radius 3 is 2.90 bits per heavy atom. The molecule has 0 bridgehead atoms. The van der Waals surface area contributed by atoms with E-state index in [2.05, 4.69) is 10.6 Å². The van der Waals surface area contributed by atoms with Crippen LogP contribution >= 0.6 is 0 Å². The van der Waals surface area contributed by atoms with E-state index in [4.69, 9.17) is 5.11 Å². The summed E-state index contributed by atoms with van der Waals surface area (Å²) in [6.45, 7) is 2.54. The second-order valence-electron chi connectivity index (χ2n) is 5.11. The number of carbonyl (C=O) groups is 1. The van der Waals surface area contributed by atoms with Gasteiger partial charge in [0.15, 0.2) is 0 Å². The minimum atomic E-state index is -0.0372. The summed E-state index contributed by atoms with van der Waals surface area (Å²) in [4.78, 5) is 14.0. The van der Waals surface area contributed by atoms with Crippen LogP contribution in [0.1, 0.15) is 19.3 Å². The van der Waals surface area contributed by atoms with Crippen LogP contribution in [-0.4, -0.2) is 48.3 Å². The Hall–Kier alpha value is -1.59. The van der Waals surface area contributed by atoms with Crippen molar-refractivity contribution < 1.29 is 9.90 Å². The molecule has 20 heavy (non-hydrogen) atoms. The topological polar surface area (TPSA) is 64.6 Å². The summed E-state index contributed by atoms with van der Waals surface area (Å²) in [5, 5.41) is 15.1. The predicted octanol–water partition coefficient (Wildman–Crippen LogP) is 1.65. The fourth-order valence-electron chi connectivity index (χ4n) is 2.44. The monoisotopic (exact) mass is 277 g/mol. The molecule has 0 aromatic heterocycles. The van der Waals surface area contributed by atoms with Gasteiger partial charge in [0.1, 0.15) is 0 Å². The van der Waals surface area contributed by atoms with Crippen molar-refractivity contribution in [3.05, 3.63) is 30.3 Å². The fourth-order valence-corrected chi connectivity index (χ4v) is 2.44. The van der Waals surface area contributed by atoms with Crippen molar-refractivity contribution in [2.45, 2.75) is 25.3 Å². The molecule has 110 valence electrons. The van der Waals surface area contributed by atoms with Crippen LogP contribution in [-0.2, 0) is 0 Å². The summed E-state index contributed by atoms with van der Waals surface area (Å²) in [7, 11) is 0. The average molecular weight is 277 g/mol. The van der Waals surface area contributed by atoms with Gasteiger partial charge in [-0.1, -0.05) is 18.2 Å². The smallest absolute Gasteiger partial charge is 0.321 e. The molecule has 1 unspecified atom stereocenters. The lowest BCUT2D eigenvalue weighted by Crippen LogP contribution is -2.49. The van der Waals surface area contributed by atoms with Crippen LogP contribution in [0.5, 0.6) is 0 Å². The van der Waals surface area contributed by atoms with Crippen LogP contribution in [0, 0.1) is 0 Å². The molecule has 3 N–H and O–H groups in total. The normalized spacial score (nSPS) is 18.9. The van der Waals surface area contributed by atoms with Crippen LogP contribution in [0.25, 0.3) is 0 Å². The number of para-hydroxylation sites is 1. The molecule has 1 aliphatic heterocycles. The minimum Gasteiger partial charge on any atom is -0.396 e. The van der Waals surface area contributed by atoms with Crippen molar-refractivity contribution in [1.82, 2.24) is 10.2 Å². The molecule has 1 atom stereocenters. The molecule has 1 heterocycles. The molecule has 5 heteroatoms. The molecular weight excluding hydrogens is 254 g/mol. The lowest BCUT2D eigenvalue weighted by atomic mass is 10.1. The highest BCUT2D eigenvalue weighted by molar-refractivity contribution is 5.89. The molecule has 2 rings (SSSR count). The van der Waals surface area contributed by atoms with Crippen molar-refractivity contribution in [3.63, 3.8) is 0 Å². The van der Waals surface area contributed by atoms with Crippen molar-refractivity contribution in [1.29, 1.82) is 0 Å². The molecule has 0 spiro atoms. The van der Waals surface area contributed by atoms with E-state index in [0.29, 0.717) is 6.04 Å². The highest BCUT2D eigenvalue weighted by Gasteiger charge is 2.23. The number of urea groups is 1. The Morgan fingerprint density at radius 2 is 2.15 bits per heavy atom. The van der Waals surface area contributed by atoms with Crippen LogP contribution in [0.15, 0.2) is 30.3 Å². The Balaban J connectivity index is 1.80. The molecule has 0 radical (unpaired) electrons. The summed E-state index contributed by atoms with van der Waals surface area (Å²) in [5.41, 5.74) is 0.827. The van der Waals surface area contributed by atoms with Crippen molar-refractivity contribution in [2.75, 3.05) is 31.6 Å². The molecule has 0 saturated carbocycles. The second kappa shape index (κ2) is 7.87. The number of nitrogens with zero attached hydrogens (tertiary/aromatic N) is 1. The molecule has 1 aromatic carbocycles. The summed E-state index contributed by atoms with van der Waals surface area (Å²) in [5.74, 6) is 0. The zero-order valence-electron chi connectivity index (χ0n) is 11.7. The van der Waals surface area contributed by atoms with Gasteiger partial charge in [-0.3, -0.25) is 0 Å². The van der Waals surface area contributed by atoms with Crippen molar-refractivity contribution >= 4 is 11.7 Å². The van der Waals surface area contributed by atoms with Gasteiger partial charge in [0, 0.05) is 31.4 Å². The van der Waals surface area contributed by atoms with Gasteiger partial charge in [0.05, 0.1) is 0 Å². The molecule has 1 aliphatic rings. The summed E-state index contributed by atoms with van der Waals surface area (Å²) < 4.78 is 0. The Kier molecular flexibility index (Phi) is 5.83. The average Bonchev–Trinajstić information content (AvgIpc) is 2.49. The maximum absolute atomic E-state index is 12.2. The van der Waals surface area contributed by atoms with E-state index in [1.54, 1.807) is 0 Å².